The molecule has 0 aromatic heterocycles. The van der Waals surface area contributed by atoms with E-state index < -0.39 is 23.4 Å². The topological polar surface area (TPSA) is 108 Å². The van der Waals surface area contributed by atoms with Crippen LogP contribution in [0.4, 0.5) is 11.4 Å². The second-order valence-electron chi connectivity index (χ2n) is 6.33. The van der Waals surface area contributed by atoms with Gasteiger partial charge in [0.1, 0.15) is 5.75 Å². The number of benzene rings is 2. The summed E-state index contributed by atoms with van der Waals surface area (Å²) in [7, 11) is 0. The van der Waals surface area contributed by atoms with Crippen molar-refractivity contribution in [2.45, 2.75) is 27.2 Å². The van der Waals surface area contributed by atoms with E-state index in [0.29, 0.717) is 11.3 Å². The zero-order valence-corrected chi connectivity index (χ0v) is 16.0. The first-order valence-corrected chi connectivity index (χ1v) is 8.67. The average molecular weight is 386 g/mol. The van der Waals surface area contributed by atoms with Crippen molar-refractivity contribution in [3.8, 4) is 5.75 Å². The van der Waals surface area contributed by atoms with Crippen LogP contribution in [0.5, 0.6) is 5.75 Å². The van der Waals surface area contributed by atoms with Crippen molar-refractivity contribution < 1.29 is 24.0 Å². The van der Waals surface area contributed by atoms with Gasteiger partial charge in [0.05, 0.1) is 18.0 Å². The second kappa shape index (κ2) is 9.50. The van der Waals surface area contributed by atoms with Crippen molar-refractivity contribution in [2.75, 3.05) is 18.5 Å². The Hall–Kier alpha value is -3.42. The van der Waals surface area contributed by atoms with Gasteiger partial charge in [-0.3, -0.25) is 19.7 Å². The lowest BCUT2D eigenvalue weighted by Gasteiger charge is -2.10. The number of esters is 1. The van der Waals surface area contributed by atoms with Crippen LogP contribution >= 0.6 is 0 Å². The Bertz CT molecular complexity index is 894. The quantitative estimate of drug-likeness (QED) is 0.423. The maximum absolute atomic E-state index is 11.9. The third-order valence-electron chi connectivity index (χ3n) is 3.96. The van der Waals surface area contributed by atoms with Crippen molar-refractivity contribution in [3.05, 3.63) is 63.2 Å². The lowest BCUT2D eigenvalue weighted by Crippen LogP contribution is -2.21. The molecule has 2 aromatic carbocycles. The van der Waals surface area contributed by atoms with E-state index in [1.165, 1.54) is 12.1 Å². The molecule has 0 saturated carbocycles. The third-order valence-corrected chi connectivity index (χ3v) is 3.96. The highest BCUT2D eigenvalue weighted by atomic mass is 16.6. The van der Waals surface area contributed by atoms with E-state index in [-0.39, 0.29) is 24.4 Å². The predicted octanol–water partition coefficient (Wildman–Crippen LogP) is 3.47. The zero-order chi connectivity index (χ0) is 20.7. The summed E-state index contributed by atoms with van der Waals surface area (Å²) in [5.41, 5.74) is 2.66. The van der Waals surface area contributed by atoms with Crippen LogP contribution in [-0.2, 0) is 14.3 Å². The number of nitrogens with one attached hydrogen (secondary N) is 1. The van der Waals surface area contributed by atoms with E-state index in [4.69, 9.17) is 9.47 Å². The fourth-order valence-electron chi connectivity index (χ4n) is 2.41. The first kappa shape index (κ1) is 20.9. The Kier molecular flexibility index (Phi) is 7.08. The van der Waals surface area contributed by atoms with E-state index >= 15 is 0 Å². The molecule has 2 aromatic rings. The molecule has 0 unspecified atom stereocenters. The highest BCUT2D eigenvalue weighted by Gasteiger charge is 2.13. The fourth-order valence-corrected chi connectivity index (χ4v) is 2.41. The minimum Gasteiger partial charge on any atom is -0.493 e. The number of hydrogen-bond acceptors (Lipinski definition) is 6. The van der Waals surface area contributed by atoms with E-state index in [9.17, 15) is 19.7 Å². The van der Waals surface area contributed by atoms with Gasteiger partial charge < -0.3 is 14.8 Å². The molecule has 1 amide bonds. The van der Waals surface area contributed by atoms with Crippen molar-refractivity contribution in [1.82, 2.24) is 0 Å². The molecule has 2 rings (SSSR count). The number of amides is 1. The lowest BCUT2D eigenvalue weighted by atomic mass is 10.1. The summed E-state index contributed by atoms with van der Waals surface area (Å²) in [5.74, 6) is -0.455. The molecule has 0 spiro atoms. The highest BCUT2D eigenvalue weighted by molar-refractivity contribution is 5.93. The molecule has 148 valence electrons. The number of anilines is 1. The molecule has 1 N–H and O–H groups in total. The minimum atomic E-state index is -0.582. The maximum atomic E-state index is 11.9. The number of ether oxygens (including phenoxy) is 2. The smallest absolute Gasteiger partial charge is 0.309 e. The molecule has 0 saturated heterocycles. The van der Waals surface area contributed by atoms with Gasteiger partial charge in [-0.25, -0.2) is 0 Å². The molecule has 0 heterocycles. The van der Waals surface area contributed by atoms with Gasteiger partial charge >= 0.3 is 5.97 Å². The van der Waals surface area contributed by atoms with Crippen molar-refractivity contribution in [3.63, 3.8) is 0 Å². The Labute approximate surface area is 162 Å². The lowest BCUT2D eigenvalue weighted by molar-refractivity contribution is -0.385. The van der Waals surface area contributed by atoms with Crippen molar-refractivity contribution in [2.24, 2.45) is 0 Å². The number of hydrogen-bond donors (Lipinski definition) is 1. The summed E-state index contributed by atoms with van der Waals surface area (Å²) in [6, 6.07) is 10.1. The van der Waals surface area contributed by atoms with Gasteiger partial charge in [0.2, 0.25) is 0 Å². The summed E-state index contributed by atoms with van der Waals surface area (Å²) in [5, 5.41) is 13.4. The Balaban J connectivity index is 1.76. The molecule has 8 heteroatoms. The molecule has 0 aliphatic heterocycles. The Morgan fingerprint density at radius 3 is 2.50 bits per heavy atom. The van der Waals surface area contributed by atoms with Crippen LogP contribution in [-0.4, -0.2) is 30.0 Å². The third kappa shape index (κ3) is 6.08. The largest absolute Gasteiger partial charge is 0.493 e. The Morgan fingerprint density at radius 2 is 1.79 bits per heavy atom. The van der Waals surface area contributed by atoms with Crippen molar-refractivity contribution >= 4 is 23.3 Å². The monoisotopic (exact) mass is 386 g/mol. The van der Waals surface area contributed by atoms with Crippen LogP contribution in [0.15, 0.2) is 36.4 Å². The number of rotatable bonds is 8. The molecule has 0 aliphatic rings. The summed E-state index contributed by atoms with van der Waals surface area (Å²) in [6.45, 7) is 5.11. The molecule has 0 radical (unpaired) electrons. The van der Waals surface area contributed by atoms with E-state index in [1.807, 2.05) is 32.0 Å². The van der Waals surface area contributed by atoms with Crippen molar-refractivity contribution in [1.29, 1.82) is 0 Å². The number of nitrogens with zero attached hydrogens (tertiary/aromatic N) is 1. The second-order valence-corrected chi connectivity index (χ2v) is 6.33. The van der Waals surface area contributed by atoms with Crippen LogP contribution in [0.25, 0.3) is 0 Å². The van der Waals surface area contributed by atoms with Gasteiger partial charge in [0.25, 0.3) is 11.6 Å². The van der Waals surface area contributed by atoms with Gasteiger partial charge in [0.15, 0.2) is 6.61 Å². The maximum Gasteiger partial charge on any atom is 0.309 e. The van der Waals surface area contributed by atoms with Gasteiger partial charge in [-0.1, -0.05) is 18.2 Å². The minimum absolute atomic E-state index is 0.00331. The molecular weight excluding hydrogens is 364 g/mol. The summed E-state index contributed by atoms with van der Waals surface area (Å²) in [4.78, 5) is 34.0. The summed E-state index contributed by atoms with van der Waals surface area (Å²) < 4.78 is 10.5. The average Bonchev–Trinajstić information content (AvgIpc) is 2.64. The SMILES string of the molecule is Cc1ccc(C)c(OCCC(=O)OCC(=O)Nc2ccc(C)c([N+](=O)[O-])c2)c1. The number of carbonyl (C=O) groups is 2. The van der Waals surface area contributed by atoms with Crippen LogP contribution in [0.3, 0.4) is 0 Å². The Morgan fingerprint density at radius 1 is 1.07 bits per heavy atom. The highest BCUT2D eigenvalue weighted by Crippen LogP contribution is 2.22. The summed E-state index contributed by atoms with van der Waals surface area (Å²) in [6.07, 6.45) is -0.00331. The molecule has 0 fully saturated rings. The molecule has 28 heavy (non-hydrogen) atoms. The number of aryl methyl sites for hydroxylation is 3. The van der Waals surface area contributed by atoms with E-state index in [0.717, 1.165) is 11.1 Å². The fraction of sp³-hybridized carbons (Fsp3) is 0.300. The van der Waals surface area contributed by atoms with Gasteiger partial charge in [-0.15, -0.1) is 0 Å². The standard InChI is InChI=1S/C20H22N2O6/c1-13-4-5-15(3)18(10-13)27-9-8-20(24)28-12-19(23)21-16-7-6-14(2)17(11-16)22(25)26/h4-7,10-11H,8-9,12H2,1-3H3,(H,21,23). The molecule has 8 nitrogen and oxygen atoms in total. The first-order valence-electron chi connectivity index (χ1n) is 8.67. The first-order chi connectivity index (χ1) is 13.3. The number of carbonyl (C=O) groups excluding carboxylic acids is 2. The molecule has 0 atom stereocenters. The van der Waals surface area contributed by atoms with Gasteiger partial charge in [0, 0.05) is 17.3 Å². The molecule has 0 aliphatic carbocycles. The normalized spacial score (nSPS) is 10.2. The van der Waals surface area contributed by atoms with Crippen LogP contribution in [0.2, 0.25) is 0 Å². The van der Waals surface area contributed by atoms with Crippen LogP contribution in [0.1, 0.15) is 23.1 Å². The van der Waals surface area contributed by atoms with Crippen LogP contribution in [0, 0.1) is 30.9 Å². The van der Waals surface area contributed by atoms with Gasteiger partial charge in [-0.05, 0) is 44.0 Å². The van der Waals surface area contributed by atoms with E-state index in [2.05, 4.69) is 5.32 Å². The number of nitro benzene ring substituents is 1. The molecule has 0 bridgehead atoms. The predicted molar refractivity (Wildman–Crippen MR) is 103 cm³/mol. The summed E-state index contributed by atoms with van der Waals surface area (Å²) >= 11 is 0. The van der Waals surface area contributed by atoms with Gasteiger partial charge in [-0.2, -0.15) is 0 Å². The van der Waals surface area contributed by atoms with E-state index in [1.54, 1.807) is 13.0 Å². The zero-order valence-electron chi connectivity index (χ0n) is 16.0. The van der Waals surface area contributed by atoms with Crippen LogP contribution < -0.4 is 10.1 Å². The number of nitro groups is 1. The molecular formula is C20H22N2O6.